The van der Waals surface area contributed by atoms with Gasteiger partial charge in [0, 0.05) is 0 Å². The van der Waals surface area contributed by atoms with Crippen LogP contribution in [0, 0.1) is 0 Å². The van der Waals surface area contributed by atoms with E-state index in [-0.39, 0.29) is 4.90 Å². The van der Waals surface area contributed by atoms with E-state index in [1.165, 1.54) is 27.4 Å². The summed E-state index contributed by atoms with van der Waals surface area (Å²) in [4.78, 5) is 0.0636. The molecule has 0 saturated carbocycles. The van der Waals surface area contributed by atoms with Gasteiger partial charge in [-0.15, -0.1) is 0 Å². The van der Waals surface area contributed by atoms with Gasteiger partial charge in [-0.25, -0.2) is 13.6 Å². The van der Waals surface area contributed by atoms with Gasteiger partial charge in [0.2, 0.25) is 15.8 Å². The van der Waals surface area contributed by atoms with Crippen LogP contribution in [-0.2, 0) is 10.0 Å². The van der Waals surface area contributed by atoms with Crippen molar-refractivity contribution in [2.75, 3.05) is 21.3 Å². The van der Waals surface area contributed by atoms with Gasteiger partial charge in [0.25, 0.3) is 0 Å². The predicted octanol–water partition coefficient (Wildman–Crippen LogP) is 2.53. The summed E-state index contributed by atoms with van der Waals surface area (Å²) in [6.07, 6.45) is 3.41. The third-order valence-corrected chi connectivity index (χ3v) is 4.35. The number of nitrogens with two attached hydrogens (primary N) is 1. The van der Waals surface area contributed by atoms with E-state index in [1.807, 2.05) is 0 Å². The Balaban J connectivity index is 2.47. The topological polar surface area (TPSA) is 87.9 Å². The second kappa shape index (κ2) is 7.37. The van der Waals surface area contributed by atoms with Crippen molar-refractivity contribution in [3.05, 3.63) is 47.5 Å². The first-order valence-electron chi connectivity index (χ1n) is 7.00. The van der Waals surface area contributed by atoms with E-state index in [4.69, 9.17) is 19.3 Å². The van der Waals surface area contributed by atoms with Gasteiger partial charge in [0.15, 0.2) is 11.5 Å². The minimum atomic E-state index is -3.79. The first-order chi connectivity index (χ1) is 11.4. The van der Waals surface area contributed by atoms with Crippen LogP contribution >= 0.6 is 0 Å². The third-order valence-electron chi connectivity index (χ3n) is 3.37. The SMILES string of the molecule is COc1cc(/C=C/c2ccccc2S(N)(=O)=O)cc(OC)c1OC. The molecule has 6 nitrogen and oxygen atoms in total. The van der Waals surface area contributed by atoms with E-state index in [0.29, 0.717) is 22.8 Å². The molecular weight excluding hydrogens is 330 g/mol. The number of benzene rings is 2. The molecule has 0 fully saturated rings. The molecule has 2 aromatic rings. The van der Waals surface area contributed by atoms with Crippen LogP contribution in [0.2, 0.25) is 0 Å². The van der Waals surface area contributed by atoms with Crippen molar-refractivity contribution in [1.29, 1.82) is 0 Å². The molecule has 0 heterocycles. The molecule has 128 valence electrons. The van der Waals surface area contributed by atoms with Gasteiger partial charge in [0.05, 0.1) is 26.2 Å². The fourth-order valence-corrected chi connectivity index (χ4v) is 2.99. The van der Waals surface area contributed by atoms with Crippen molar-refractivity contribution in [2.24, 2.45) is 5.14 Å². The highest BCUT2D eigenvalue weighted by molar-refractivity contribution is 7.89. The summed E-state index contributed by atoms with van der Waals surface area (Å²) in [5, 5.41) is 5.24. The lowest BCUT2D eigenvalue weighted by atomic mass is 10.1. The van der Waals surface area contributed by atoms with E-state index in [9.17, 15) is 8.42 Å². The molecule has 2 aromatic carbocycles. The van der Waals surface area contributed by atoms with Crippen LogP contribution in [-0.4, -0.2) is 29.7 Å². The smallest absolute Gasteiger partial charge is 0.238 e. The summed E-state index contributed by atoms with van der Waals surface area (Å²) in [5.74, 6) is 1.51. The number of hydrogen-bond acceptors (Lipinski definition) is 5. The summed E-state index contributed by atoms with van der Waals surface area (Å²) in [5.41, 5.74) is 1.25. The lowest BCUT2D eigenvalue weighted by Gasteiger charge is -2.12. The van der Waals surface area contributed by atoms with Gasteiger partial charge in [-0.3, -0.25) is 0 Å². The Morgan fingerprint density at radius 2 is 1.50 bits per heavy atom. The maximum atomic E-state index is 11.6. The van der Waals surface area contributed by atoms with E-state index in [0.717, 1.165) is 5.56 Å². The van der Waals surface area contributed by atoms with Gasteiger partial charge in [0.1, 0.15) is 0 Å². The van der Waals surface area contributed by atoms with Crippen LogP contribution in [0.3, 0.4) is 0 Å². The van der Waals surface area contributed by atoms with Crippen molar-refractivity contribution in [2.45, 2.75) is 4.90 Å². The summed E-state index contributed by atoms with van der Waals surface area (Å²) in [6, 6.07) is 10.0. The Morgan fingerprint density at radius 1 is 0.917 bits per heavy atom. The van der Waals surface area contributed by atoms with Crippen LogP contribution in [0.5, 0.6) is 17.2 Å². The highest BCUT2D eigenvalue weighted by Crippen LogP contribution is 2.38. The number of primary sulfonamides is 1. The standard InChI is InChI=1S/C17H19NO5S/c1-21-14-10-12(11-15(22-2)17(14)23-3)8-9-13-6-4-5-7-16(13)24(18,19)20/h4-11H,1-3H3,(H2,18,19,20)/b9-8+. The minimum Gasteiger partial charge on any atom is -0.493 e. The molecule has 0 bridgehead atoms. The monoisotopic (exact) mass is 349 g/mol. The summed E-state index contributed by atoms with van der Waals surface area (Å²) in [7, 11) is 0.789. The maximum Gasteiger partial charge on any atom is 0.238 e. The molecule has 0 aromatic heterocycles. The lowest BCUT2D eigenvalue weighted by molar-refractivity contribution is 0.324. The zero-order chi connectivity index (χ0) is 17.7. The van der Waals surface area contributed by atoms with E-state index in [1.54, 1.807) is 42.5 Å². The molecule has 0 unspecified atom stereocenters. The molecule has 0 aliphatic rings. The quantitative estimate of drug-likeness (QED) is 0.810. The molecule has 0 saturated heterocycles. The molecule has 0 spiro atoms. The number of hydrogen-bond donors (Lipinski definition) is 1. The van der Waals surface area contributed by atoms with Crippen molar-refractivity contribution in [1.82, 2.24) is 0 Å². The zero-order valence-corrected chi connectivity index (χ0v) is 14.5. The van der Waals surface area contributed by atoms with Crippen LogP contribution in [0.25, 0.3) is 12.2 Å². The highest BCUT2D eigenvalue weighted by Gasteiger charge is 2.13. The largest absolute Gasteiger partial charge is 0.493 e. The summed E-state index contributed by atoms with van der Waals surface area (Å²) < 4.78 is 39.1. The molecule has 2 N–H and O–H groups in total. The van der Waals surface area contributed by atoms with E-state index in [2.05, 4.69) is 0 Å². The van der Waals surface area contributed by atoms with Crippen molar-refractivity contribution >= 4 is 22.2 Å². The summed E-state index contributed by atoms with van der Waals surface area (Å²) in [6.45, 7) is 0. The normalized spacial score (nSPS) is 11.5. The fourth-order valence-electron chi connectivity index (χ4n) is 2.26. The number of ether oxygens (including phenoxy) is 3. The van der Waals surface area contributed by atoms with Gasteiger partial charge in [-0.2, -0.15) is 0 Å². The first kappa shape index (κ1) is 17.8. The van der Waals surface area contributed by atoms with Gasteiger partial charge in [-0.1, -0.05) is 30.4 Å². The Hall–Kier alpha value is -2.51. The average molecular weight is 349 g/mol. The Labute approximate surface area is 141 Å². The van der Waals surface area contributed by atoms with Gasteiger partial charge >= 0.3 is 0 Å². The molecule has 0 atom stereocenters. The number of sulfonamides is 1. The van der Waals surface area contributed by atoms with Crippen molar-refractivity contribution in [3.63, 3.8) is 0 Å². The van der Waals surface area contributed by atoms with Crippen molar-refractivity contribution < 1.29 is 22.6 Å². The van der Waals surface area contributed by atoms with E-state index >= 15 is 0 Å². The second-order valence-electron chi connectivity index (χ2n) is 4.87. The maximum absolute atomic E-state index is 11.6. The lowest BCUT2D eigenvalue weighted by Crippen LogP contribution is -2.13. The third kappa shape index (κ3) is 3.87. The molecule has 7 heteroatoms. The van der Waals surface area contributed by atoms with E-state index < -0.39 is 10.0 Å². The van der Waals surface area contributed by atoms with Crippen LogP contribution in [0.4, 0.5) is 0 Å². The Kier molecular flexibility index (Phi) is 5.48. The first-order valence-corrected chi connectivity index (χ1v) is 8.55. The highest BCUT2D eigenvalue weighted by atomic mass is 32.2. The summed E-state index contributed by atoms with van der Waals surface area (Å²) >= 11 is 0. The Bertz CT molecular complexity index is 834. The van der Waals surface area contributed by atoms with Gasteiger partial charge < -0.3 is 14.2 Å². The van der Waals surface area contributed by atoms with Crippen molar-refractivity contribution in [3.8, 4) is 17.2 Å². The fraction of sp³-hybridized carbons (Fsp3) is 0.176. The second-order valence-corrected chi connectivity index (χ2v) is 6.40. The Morgan fingerprint density at radius 3 is 2.00 bits per heavy atom. The average Bonchev–Trinajstić information content (AvgIpc) is 2.58. The molecule has 0 aliphatic heterocycles. The van der Waals surface area contributed by atoms with Crippen LogP contribution < -0.4 is 19.3 Å². The number of rotatable bonds is 6. The molecular formula is C17H19NO5S. The molecule has 2 rings (SSSR count). The minimum absolute atomic E-state index is 0.0636. The predicted molar refractivity (Wildman–Crippen MR) is 92.8 cm³/mol. The van der Waals surface area contributed by atoms with Crippen LogP contribution in [0.1, 0.15) is 11.1 Å². The zero-order valence-electron chi connectivity index (χ0n) is 13.6. The number of methoxy groups -OCH3 is 3. The van der Waals surface area contributed by atoms with Crippen LogP contribution in [0.15, 0.2) is 41.3 Å². The molecule has 24 heavy (non-hydrogen) atoms. The molecule has 0 aliphatic carbocycles. The molecule has 0 radical (unpaired) electrons. The molecule has 0 amide bonds. The van der Waals surface area contributed by atoms with Gasteiger partial charge in [-0.05, 0) is 29.3 Å².